The van der Waals surface area contributed by atoms with Gasteiger partial charge in [-0.25, -0.2) is 4.39 Å². The zero-order valence-electron chi connectivity index (χ0n) is 7.93. The van der Waals surface area contributed by atoms with E-state index in [0.717, 1.165) is 5.56 Å². The number of benzene rings is 1. The molecule has 0 radical (unpaired) electrons. The summed E-state index contributed by atoms with van der Waals surface area (Å²) in [5, 5.41) is 0. The van der Waals surface area contributed by atoms with Crippen molar-refractivity contribution in [3.05, 3.63) is 64.6 Å². The van der Waals surface area contributed by atoms with Gasteiger partial charge in [0.15, 0.2) is 0 Å². The van der Waals surface area contributed by atoms with Crippen molar-refractivity contribution in [3.63, 3.8) is 0 Å². The van der Waals surface area contributed by atoms with Gasteiger partial charge >= 0.3 is 0 Å². The quantitative estimate of drug-likeness (QED) is 0.741. The lowest BCUT2D eigenvalue weighted by molar-refractivity contribution is 0.626. The average Bonchev–Trinajstić information content (AvgIpc) is 2.25. The lowest BCUT2D eigenvalue weighted by Gasteiger charge is -2.04. The molecule has 0 saturated carbocycles. The van der Waals surface area contributed by atoms with Gasteiger partial charge in [0.1, 0.15) is 5.82 Å². The molecular weight excluding hydrogens is 195 g/mol. The molecule has 0 aliphatic rings. The van der Waals surface area contributed by atoms with Crippen LogP contribution in [-0.2, 0) is 6.54 Å². The summed E-state index contributed by atoms with van der Waals surface area (Å²) in [5.41, 5.74) is 0.714. The van der Waals surface area contributed by atoms with Crippen molar-refractivity contribution in [2.24, 2.45) is 0 Å². The van der Waals surface area contributed by atoms with Crippen LogP contribution in [0.2, 0.25) is 0 Å². The molecule has 1 aromatic carbocycles. The normalized spacial score (nSPS) is 10.2. The highest BCUT2D eigenvalue weighted by Gasteiger charge is 1.97. The van der Waals surface area contributed by atoms with Gasteiger partial charge in [-0.1, -0.05) is 12.1 Å². The predicted molar refractivity (Wildman–Crippen MR) is 54.0 cm³/mol. The van der Waals surface area contributed by atoms with Crippen LogP contribution in [0.25, 0.3) is 0 Å². The van der Waals surface area contributed by atoms with E-state index in [-0.39, 0.29) is 11.4 Å². The van der Waals surface area contributed by atoms with Gasteiger partial charge in [-0.2, -0.15) is 0 Å². The Kier molecular flexibility index (Phi) is 2.58. The number of hydrogen-bond acceptors (Lipinski definition) is 2. The fourth-order valence-electron chi connectivity index (χ4n) is 1.29. The minimum Gasteiger partial charge on any atom is -0.308 e. The summed E-state index contributed by atoms with van der Waals surface area (Å²) in [6.45, 7) is 0.432. The highest BCUT2D eigenvalue weighted by atomic mass is 19.1. The van der Waals surface area contributed by atoms with Crippen LogP contribution in [0.5, 0.6) is 0 Å². The van der Waals surface area contributed by atoms with Crippen molar-refractivity contribution < 1.29 is 4.39 Å². The van der Waals surface area contributed by atoms with E-state index < -0.39 is 0 Å². The van der Waals surface area contributed by atoms with Crippen molar-refractivity contribution in [1.29, 1.82) is 0 Å². The van der Waals surface area contributed by atoms with Crippen LogP contribution in [-0.4, -0.2) is 9.55 Å². The molecule has 76 valence electrons. The first-order valence-electron chi connectivity index (χ1n) is 4.50. The number of rotatable bonds is 2. The van der Waals surface area contributed by atoms with Crippen LogP contribution in [0.15, 0.2) is 47.7 Å². The Balaban J connectivity index is 2.26. The molecule has 0 saturated heterocycles. The van der Waals surface area contributed by atoms with Crippen LogP contribution >= 0.6 is 0 Å². The van der Waals surface area contributed by atoms with Gasteiger partial charge in [0, 0.05) is 12.4 Å². The van der Waals surface area contributed by atoms with Crippen LogP contribution in [0.1, 0.15) is 5.56 Å². The van der Waals surface area contributed by atoms with Gasteiger partial charge in [0.2, 0.25) is 0 Å². The minimum atomic E-state index is -0.277. The standard InChI is InChI=1S/C11H9FN2O/c12-10-3-1-9(2-4-10)8-14-6-5-13-7-11(14)15/h1-7H,8H2. The van der Waals surface area contributed by atoms with Crippen LogP contribution in [0.4, 0.5) is 4.39 Å². The van der Waals surface area contributed by atoms with E-state index in [1.807, 2.05) is 0 Å². The lowest BCUT2D eigenvalue weighted by atomic mass is 10.2. The molecule has 1 heterocycles. The Hall–Kier alpha value is -1.97. The first kappa shape index (κ1) is 9.58. The summed E-state index contributed by atoms with van der Waals surface area (Å²) in [4.78, 5) is 15.0. The van der Waals surface area contributed by atoms with E-state index in [4.69, 9.17) is 0 Å². The van der Waals surface area contributed by atoms with E-state index in [0.29, 0.717) is 6.54 Å². The highest BCUT2D eigenvalue weighted by molar-refractivity contribution is 5.16. The molecule has 2 aromatic rings. The Labute approximate surface area is 85.8 Å². The highest BCUT2D eigenvalue weighted by Crippen LogP contribution is 2.03. The summed E-state index contributed by atoms with van der Waals surface area (Å²) in [6, 6.07) is 6.06. The lowest BCUT2D eigenvalue weighted by Crippen LogP contribution is -2.19. The van der Waals surface area contributed by atoms with Crippen LogP contribution < -0.4 is 5.56 Å². The third-order valence-corrected chi connectivity index (χ3v) is 2.07. The monoisotopic (exact) mass is 204 g/mol. The molecule has 2 rings (SSSR count). The molecule has 0 unspecified atom stereocenters. The number of halogens is 1. The topological polar surface area (TPSA) is 34.9 Å². The Morgan fingerprint density at radius 1 is 1.27 bits per heavy atom. The van der Waals surface area contributed by atoms with Crippen molar-refractivity contribution in [3.8, 4) is 0 Å². The molecular formula is C11H9FN2O. The summed E-state index contributed by atoms with van der Waals surface area (Å²) in [5.74, 6) is -0.277. The Bertz CT molecular complexity index is 504. The van der Waals surface area contributed by atoms with Crippen molar-refractivity contribution >= 4 is 0 Å². The van der Waals surface area contributed by atoms with Gasteiger partial charge in [0.25, 0.3) is 5.56 Å². The second-order valence-electron chi connectivity index (χ2n) is 3.17. The molecule has 3 nitrogen and oxygen atoms in total. The molecule has 1 aromatic heterocycles. The predicted octanol–water partition coefficient (Wildman–Crippen LogP) is 1.43. The zero-order chi connectivity index (χ0) is 10.7. The summed E-state index contributed by atoms with van der Waals surface area (Å²) in [7, 11) is 0. The molecule has 0 aliphatic carbocycles. The molecule has 0 N–H and O–H groups in total. The largest absolute Gasteiger partial charge is 0.308 e. The maximum absolute atomic E-state index is 12.6. The first-order chi connectivity index (χ1) is 7.25. The van der Waals surface area contributed by atoms with E-state index >= 15 is 0 Å². The third kappa shape index (κ3) is 2.28. The Morgan fingerprint density at radius 2 is 2.00 bits per heavy atom. The molecule has 15 heavy (non-hydrogen) atoms. The summed E-state index contributed by atoms with van der Waals surface area (Å²) >= 11 is 0. The number of hydrogen-bond donors (Lipinski definition) is 0. The van der Waals surface area contributed by atoms with E-state index in [9.17, 15) is 9.18 Å². The fourth-order valence-corrected chi connectivity index (χ4v) is 1.29. The molecule has 0 atom stereocenters. The van der Waals surface area contributed by atoms with Crippen molar-refractivity contribution in [1.82, 2.24) is 9.55 Å². The van der Waals surface area contributed by atoms with Crippen molar-refractivity contribution in [2.45, 2.75) is 6.54 Å². The average molecular weight is 204 g/mol. The maximum atomic E-state index is 12.6. The first-order valence-corrected chi connectivity index (χ1v) is 4.50. The second-order valence-corrected chi connectivity index (χ2v) is 3.17. The summed E-state index contributed by atoms with van der Waals surface area (Å²) in [6.07, 6.45) is 4.40. The molecule has 0 amide bonds. The van der Waals surface area contributed by atoms with E-state index in [1.165, 1.54) is 22.9 Å². The summed E-state index contributed by atoms with van der Waals surface area (Å²) < 4.78 is 14.1. The smallest absolute Gasteiger partial charge is 0.269 e. The molecule has 4 heteroatoms. The van der Waals surface area contributed by atoms with Gasteiger partial charge < -0.3 is 4.57 Å². The fraction of sp³-hybridized carbons (Fsp3) is 0.0909. The molecule has 0 spiro atoms. The third-order valence-electron chi connectivity index (χ3n) is 2.07. The van der Waals surface area contributed by atoms with E-state index in [2.05, 4.69) is 4.98 Å². The second kappa shape index (κ2) is 4.04. The van der Waals surface area contributed by atoms with Crippen molar-refractivity contribution in [2.75, 3.05) is 0 Å². The minimum absolute atomic E-state index is 0.165. The van der Waals surface area contributed by atoms with Crippen LogP contribution in [0.3, 0.4) is 0 Å². The van der Waals surface area contributed by atoms with Gasteiger partial charge in [-0.05, 0) is 17.7 Å². The van der Waals surface area contributed by atoms with E-state index in [1.54, 1.807) is 24.5 Å². The molecule has 0 aliphatic heterocycles. The van der Waals surface area contributed by atoms with Crippen LogP contribution in [0, 0.1) is 5.82 Å². The molecule has 0 bridgehead atoms. The van der Waals surface area contributed by atoms with Gasteiger partial charge in [-0.15, -0.1) is 0 Å². The molecule has 0 fully saturated rings. The number of nitrogens with zero attached hydrogens (tertiary/aromatic N) is 2. The SMILES string of the molecule is O=c1cnccn1Cc1ccc(F)cc1. The zero-order valence-corrected chi connectivity index (χ0v) is 7.93. The maximum Gasteiger partial charge on any atom is 0.269 e. The van der Waals surface area contributed by atoms with Gasteiger partial charge in [-0.3, -0.25) is 9.78 Å². The Morgan fingerprint density at radius 3 is 2.67 bits per heavy atom. The van der Waals surface area contributed by atoms with Gasteiger partial charge in [0.05, 0.1) is 12.7 Å². The number of aromatic nitrogens is 2.